The van der Waals surface area contributed by atoms with Crippen LogP contribution in [0.25, 0.3) is 0 Å². The standard InChI is InChI=1S/C16H11Cl4NO3.C12H20O4/c1-2-7-3-5-8(6-4-7)21-15(22)9-10(16(23)24)12(18)14(20)13(19)11(9)17;1-11(2)4-3-5-12(8-11,6-9(13)14)7-10(15)16/h3-6H,2H2,1H3,(H,21,22)(H,23,24);3-8H2,1-2H3,(H,13,14)(H,15,16). The van der Waals surface area contributed by atoms with Gasteiger partial charge in [-0.3, -0.25) is 14.4 Å². The number of benzene rings is 2. The molecule has 8 nitrogen and oxygen atoms in total. The molecule has 218 valence electrons. The molecule has 1 saturated carbocycles. The Balaban J connectivity index is 0.000000305. The van der Waals surface area contributed by atoms with Gasteiger partial charge in [-0.25, -0.2) is 4.79 Å². The highest BCUT2D eigenvalue weighted by atomic mass is 35.5. The highest BCUT2D eigenvalue weighted by molar-refractivity contribution is 6.54. The molecule has 3 rings (SSSR count). The van der Waals surface area contributed by atoms with Crippen molar-refractivity contribution in [3.8, 4) is 0 Å². The number of anilines is 1. The minimum Gasteiger partial charge on any atom is -0.481 e. The molecule has 1 amide bonds. The van der Waals surface area contributed by atoms with Crippen molar-refractivity contribution < 1.29 is 34.5 Å². The second kappa shape index (κ2) is 13.9. The summed E-state index contributed by atoms with van der Waals surface area (Å²) in [6.45, 7) is 6.18. The number of hydrogen-bond acceptors (Lipinski definition) is 4. The van der Waals surface area contributed by atoms with E-state index in [1.807, 2.05) is 19.1 Å². The second-order valence-electron chi connectivity index (χ2n) is 10.7. The van der Waals surface area contributed by atoms with Crippen LogP contribution >= 0.6 is 46.4 Å². The Bertz CT molecular complexity index is 1280. The molecule has 4 N–H and O–H groups in total. The van der Waals surface area contributed by atoms with Crippen LogP contribution in [0.2, 0.25) is 20.1 Å². The first-order valence-corrected chi connectivity index (χ1v) is 14.0. The van der Waals surface area contributed by atoms with Crippen LogP contribution in [0.1, 0.15) is 85.6 Å². The van der Waals surface area contributed by atoms with Gasteiger partial charge in [0.1, 0.15) is 0 Å². The summed E-state index contributed by atoms with van der Waals surface area (Å²) >= 11 is 23.7. The van der Waals surface area contributed by atoms with E-state index in [1.165, 1.54) is 0 Å². The van der Waals surface area contributed by atoms with Gasteiger partial charge in [-0.15, -0.1) is 0 Å². The summed E-state index contributed by atoms with van der Waals surface area (Å²) in [6, 6.07) is 7.09. The number of aromatic carboxylic acids is 1. The first kappa shape index (κ1) is 33.7. The molecule has 0 atom stereocenters. The first-order chi connectivity index (χ1) is 18.5. The number of amides is 1. The van der Waals surface area contributed by atoms with Crippen molar-refractivity contribution in [3.05, 3.63) is 61.0 Å². The van der Waals surface area contributed by atoms with Crippen molar-refractivity contribution in [1.29, 1.82) is 0 Å². The minimum absolute atomic E-state index is 0.0251. The van der Waals surface area contributed by atoms with E-state index < -0.39 is 34.8 Å². The third kappa shape index (κ3) is 8.74. The number of aryl methyl sites for hydroxylation is 1. The maximum absolute atomic E-state index is 12.5. The lowest BCUT2D eigenvalue weighted by molar-refractivity contribution is -0.146. The lowest BCUT2D eigenvalue weighted by atomic mass is 9.61. The molecule has 1 aliphatic carbocycles. The smallest absolute Gasteiger partial charge is 0.338 e. The zero-order valence-electron chi connectivity index (χ0n) is 22.2. The van der Waals surface area contributed by atoms with E-state index in [9.17, 15) is 24.3 Å². The topological polar surface area (TPSA) is 141 Å². The van der Waals surface area contributed by atoms with Crippen molar-refractivity contribution in [1.82, 2.24) is 0 Å². The summed E-state index contributed by atoms with van der Waals surface area (Å²) in [7, 11) is 0. The highest BCUT2D eigenvalue weighted by Gasteiger charge is 2.42. The van der Waals surface area contributed by atoms with E-state index in [0.29, 0.717) is 12.1 Å². The molecule has 0 spiro atoms. The number of carbonyl (C=O) groups is 4. The van der Waals surface area contributed by atoms with E-state index in [1.54, 1.807) is 12.1 Å². The summed E-state index contributed by atoms with van der Waals surface area (Å²) in [4.78, 5) is 45.7. The van der Waals surface area contributed by atoms with Gasteiger partial charge in [0.05, 0.1) is 44.1 Å². The lowest BCUT2D eigenvalue weighted by Gasteiger charge is -2.43. The lowest BCUT2D eigenvalue weighted by Crippen LogP contribution is -2.36. The maximum Gasteiger partial charge on any atom is 0.338 e. The number of nitrogens with one attached hydrogen (secondary N) is 1. The molecule has 0 saturated heterocycles. The molecule has 0 heterocycles. The minimum atomic E-state index is -1.44. The molecule has 12 heteroatoms. The van der Waals surface area contributed by atoms with Crippen LogP contribution in [0.3, 0.4) is 0 Å². The van der Waals surface area contributed by atoms with E-state index >= 15 is 0 Å². The Morgan fingerprint density at radius 3 is 1.73 bits per heavy atom. The van der Waals surface area contributed by atoms with E-state index in [2.05, 4.69) is 19.2 Å². The number of carboxylic acids is 3. The van der Waals surface area contributed by atoms with Gasteiger partial charge in [0.15, 0.2) is 0 Å². The molecule has 1 aliphatic rings. The van der Waals surface area contributed by atoms with E-state index in [0.717, 1.165) is 31.2 Å². The molecule has 0 radical (unpaired) electrons. The van der Waals surface area contributed by atoms with Crippen LogP contribution in [0.15, 0.2) is 24.3 Å². The monoisotopic (exact) mass is 633 g/mol. The Labute approximate surface area is 252 Å². The zero-order chi connectivity index (χ0) is 30.4. The SMILES string of the molecule is CC1(C)CCCC(CC(=O)O)(CC(=O)O)C1.CCc1ccc(NC(=O)c2c(Cl)c(Cl)c(Cl)c(Cl)c2C(=O)O)cc1. The molecule has 2 aromatic carbocycles. The molecule has 0 aliphatic heterocycles. The Kier molecular flexibility index (Phi) is 11.7. The predicted molar refractivity (Wildman–Crippen MR) is 156 cm³/mol. The van der Waals surface area contributed by atoms with E-state index in [-0.39, 0.29) is 43.9 Å². The first-order valence-electron chi connectivity index (χ1n) is 12.5. The average molecular weight is 635 g/mol. The second-order valence-corrected chi connectivity index (χ2v) is 12.2. The summed E-state index contributed by atoms with van der Waals surface area (Å²) in [6.07, 6.45) is 4.19. The van der Waals surface area contributed by atoms with Gasteiger partial charge in [0.2, 0.25) is 0 Å². The maximum atomic E-state index is 12.5. The number of hydrogen-bond donors (Lipinski definition) is 4. The number of aliphatic carboxylic acids is 2. The zero-order valence-corrected chi connectivity index (χ0v) is 25.3. The number of rotatable bonds is 8. The van der Waals surface area contributed by atoms with Crippen LogP contribution in [-0.4, -0.2) is 39.1 Å². The van der Waals surface area contributed by atoms with Gasteiger partial charge in [-0.05, 0) is 54.2 Å². The number of halogens is 4. The van der Waals surface area contributed by atoms with Gasteiger partial charge in [-0.2, -0.15) is 0 Å². The van der Waals surface area contributed by atoms with Crippen LogP contribution in [0.5, 0.6) is 0 Å². The quantitative estimate of drug-likeness (QED) is 0.169. The molecular weight excluding hydrogens is 604 g/mol. The number of carboxylic acid groups (broad SMARTS) is 3. The van der Waals surface area contributed by atoms with Crippen LogP contribution in [0, 0.1) is 10.8 Å². The number of carbonyl (C=O) groups excluding carboxylic acids is 1. The van der Waals surface area contributed by atoms with Crippen molar-refractivity contribution in [2.75, 3.05) is 5.32 Å². The van der Waals surface area contributed by atoms with Crippen LogP contribution in [-0.2, 0) is 16.0 Å². The molecular formula is C28H31Cl4NO7. The third-order valence-electron chi connectivity index (χ3n) is 6.79. The Morgan fingerprint density at radius 2 is 1.30 bits per heavy atom. The Morgan fingerprint density at radius 1 is 0.800 bits per heavy atom. The Hall–Kier alpha value is -2.52. The van der Waals surface area contributed by atoms with Crippen LogP contribution < -0.4 is 5.32 Å². The summed E-state index contributed by atoms with van der Waals surface area (Å²) in [5, 5.41) is 28.7. The van der Waals surface area contributed by atoms with Gasteiger partial charge in [0, 0.05) is 5.69 Å². The fourth-order valence-corrected chi connectivity index (χ4v) is 6.22. The average Bonchev–Trinajstić information content (AvgIpc) is 2.83. The van der Waals surface area contributed by atoms with Crippen molar-refractivity contribution in [3.63, 3.8) is 0 Å². The summed E-state index contributed by atoms with van der Waals surface area (Å²) in [5.41, 5.74) is 0.242. The fourth-order valence-electron chi connectivity index (χ4n) is 5.20. The molecule has 0 bridgehead atoms. The fraction of sp³-hybridized carbons (Fsp3) is 0.429. The molecule has 1 fully saturated rings. The molecule has 0 unspecified atom stereocenters. The van der Waals surface area contributed by atoms with Crippen molar-refractivity contribution in [2.24, 2.45) is 10.8 Å². The van der Waals surface area contributed by atoms with Gasteiger partial charge in [0.25, 0.3) is 5.91 Å². The van der Waals surface area contributed by atoms with Gasteiger partial charge in [-0.1, -0.05) is 85.7 Å². The van der Waals surface area contributed by atoms with Gasteiger partial charge < -0.3 is 20.6 Å². The highest BCUT2D eigenvalue weighted by Crippen LogP contribution is 2.50. The molecule has 0 aromatic heterocycles. The van der Waals surface area contributed by atoms with Crippen molar-refractivity contribution in [2.45, 2.75) is 65.7 Å². The van der Waals surface area contributed by atoms with Crippen LogP contribution in [0.4, 0.5) is 5.69 Å². The molecule has 2 aromatic rings. The van der Waals surface area contributed by atoms with Gasteiger partial charge >= 0.3 is 17.9 Å². The summed E-state index contributed by atoms with van der Waals surface area (Å²) in [5.74, 6) is -3.97. The van der Waals surface area contributed by atoms with E-state index in [4.69, 9.17) is 56.6 Å². The third-order valence-corrected chi connectivity index (χ3v) is 8.60. The predicted octanol–water partition coefficient (Wildman–Crippen LogP) is 8.34. The largest absolute Gasteiger partial charge is 0.481 e. The van der Waals surface area contributed by atoms with Crippen molar-refractivity contribution >= 4 is 75.9 Å². The molecule has 40 heavy (non-hydrogen) atoms. The summed E-state index contributed by atoms with van der Waals surface area (Å²) < 4.78 is 0. The normalized spacial score (nSPS) is 15.4.